The van der Waals surface area contributed by atoms with E-state index in [-0.39, 0.29) is 24.2 Å². The number of anilines is 1. The number of hydrogen-bond donors (Lipinski definition) is 0. The standard InChI is InChI=1S/C18H18FN3O3S/c19-13-3-1-4-14(9-13)22-12-18(25-10-15(22)23)5-2-7-21(11-18)17(24)16-20-6-8-26-16/h1,3-4,6,8-9H,2,5,7,10-12H2. The summed E-state index contributed by atoms with van der Waals surface area (Å²) in [6.07, 6.45) is 3.13. The van der Waals surface area contributed by atoms with Gasteiger partial charge >= 0.3 is 0 Å². The second-order valence-corrected chi connectivity index (χ2v) is 7.49. The van der Waals surface area contributed by atoms with E-state index >= 15 is 0 Å². The smallest absolute Gasteiger partial charge is 0.282 e. The Kier molecular flexibility index (Phi) is 4.46. The van der Waals surface area contributed by atoms with Crippen LogP contribution in [0.25, 0.3) is 0 Å². The van der Waals surface area contributed by atoms with Crippen molar-refractivity contribution in [2.45, 2.75) is 18.4 Å². The lowest BCUT2D eigenvalue weighted by Crippen LogP contribution is -2.62. The van der Waals surface area contributed by atoms with E-state index in [9.17, 15) is 14.0 Å². The summed E-state index contributed by atoms with van der Waals surface area (Å²) in [5.41, 5.74) is -0.119. The van der Waals surface area contributed by atoms with Crippen molar-refractivity contribution in [1.82, 2.24) is 9.88 Å². The first kappa shape index (κ1) is 17.1. The number of piperidine rings is 1. The quantitative estimate of drug-likeness (QED) is 0.808. The maximum absolute atomic E-state index is 13.6. The molecule has 3 heterocycles. The predicted octanol–water partition coefficient (Wildman–Crippen LogP) is 2.32. The van der Waals surface area contributed by atoms with Crippen molar-refractivity contribution in [3.63, 3.8) is 0 Å². The average molecular weight is 375 g/mol. The van der Waals surface area contributed by atoms with Gasteiger partial charge in [-0.05, 0) is 31.0 Å². The van der Waals surface area contributed by atoms with E-state index in [4.69, 9.17) is 4.74 Å². The van der Waals surface area contributed by atoms with Crippen molar-refractivity contribution >= 4 is 28.8 Å². The number of halogens is 1. The minimum atomic E-state index is -0.634. The van der Waals surface area contributed by atoms with Crippen molar-refractivity contribution in [2.24, 2.45) is 0 Å². The number of benzene rings is 1. The summed E-state index contributed by atoms with van der Waals surface area (Å²) in [7, 11) is 0. The fourth-order valence-corrected chi connectivity index (χ4v) is 4.18. The maximum Gasteiger partial charge on any atom is 0.282 e. The molecule has 4 rings (SSSR count). The molecule has 1 aromatic heterocycles. The van der Waals surface area contributed by atoms with E-state index in [1.807, 2.05) is 0 Å². The van der Waals surface area contributed by atoms with Gasteiger partial charge in [0, 0.05) is 23.8 Å². The zero-order chi connectivity index (χ0) is 18.1. The molecular weight excluding hydrogens is 357 g/mol. The van der Waals surface area contributed by atoms with Crippen LogP contribution in [-0.2, 0) is 9.53 Å². The third-order valence-electron chi connectivity index (χ3n) is 4.81. The van der Waals surface area contributed by atoms with Gasteiger partial charge in [0.1, 0.15) is 18.0 Å². The molecule has 0 N–H and O–H groups in total. The molecule has 136 valence electrons. The van der Waals surface area contributed by atoms with Gasteiger partial charge in [-0.25, -0.2) is 9.37 Å². The first-order valence-corrected chi connectivity index (χ1v) is 9.33. The molecule has 2 aromatic rings. The van der Waals surface area contributed by atoms with E-state index in [0.29, 0.717) is 30.3 Å². The molecule has 1 unspecified atom stereocenters. The van der Waals surface area contributed by atoms with Gasteiger partial charge < -0.3 is 14.5 Å². The maximum atomic E-state index is 13.6. The highest BCUT2D eigenvalue weighted by Crippen LogP contribution is 2.32. The Morgan fingerprint density at radius 1 is 1.35 bits per heavy atom. The molecule has 8 heteroatoms. The number of morpholine rings is 1. The lowest BCUT2D eigenvalue weighted by Gasteiger charge is -2.47. The summed E-state index contributed by atoms with van der Waals surface area (Å²) in [6, 6.07) is 5.98. The lowest BCUT2D eigenvalue weighted by atomic mass is 9.90. The second-order valence-electron chi connectivity index (χ2n) is 6.60. The molecule has 0 bridgehead atoms. The molecule has 2 saturated heterocycles. The Morgan fingerprint density at radius 2 is 2.23 bits per heavy atom. The average Bonchev–Trinajstić information content (AvgIpc) is 3.18. The Labute approximate surface area is 154 Å². The van der Waals surface area contributed by atoms with Crippen LogP contribution in [-0.4, -0.2) is 53.5 Å². The number of nitrogens with zero attached hydrogens (tertiary/aromatic N) is 3. The van der Waals surface area contributed by atoms with Gasteiger partial charge in [0.25, 0.3) is 11.8 Å². The monoisotopic (exact) mass is 375 g/mol. The van der Waals surface area contributed by atoms with Crippen molar-refractivity contribution in [1.29, 1.82) is 0 Å². The summed E-state index contributed by atoms with van der Waals surface area (Å²) in [6.45, 7) is 1.26. The topological polar surface area (TPSA) is 62.7 Å². The van der Waals surface area contributed by atoms with Gasteiger partial charge in [0.05, 0.1) is 13.1 Å². The van der Waals surface area contributed by atoms with E-state index in [1.165, 1.54) is 23.5 Å². The number of aromatic nitrogens is 1. The Bertz CT molecular complexity index is 829. The van der Waals surface area contributed by atoms with Crippen LogP contribution in [0.4, 0.5) is 10.1 Å². The van der Waals surface area contributed by atoms with E-state index in [2.05, 4.69) is 4.98 Å². The summed E-state index contributed by atoms with van der Waals surface area (Å²) in [5.74, 6) is -0.707. The summed E-state index contributed by atoms with van der Waals surface area (Å²) >= 11 is 1.31. The van der Waals surface area contributed by atoms with Gasteiger partial charge in [-0.3, -0.25) is 9.59 Å². The van der Waals surface area contributed by atoms with Gasteiger partial charge in [0.15, 0.2) is 5.01 Å². The van der Waals surface area contributed by atoms with Crippen LogP contribution in [0.15, 0.2) is 35.8 Å². The highest BCUT2D eigenvalue weighted by Gasteiger charge is 2.44. The normalized spacial score (nSPS) is 23.5. The summed E-state index contributed by atoms with van der Waals surface area (Å²) < 4.78 is 19.5. The SMILES string of the molecule is O=C(c1nccs1)N1CCCC2(C1)CN(c1cccc(F)c1)C(=O)CO2. The van der Waals surface area contributed by atoms with Crippen molar-refractivity contribution in [2.75, 3.05) is 31.1 Å². The summed E-state index contributed by atoms with van der Waals surface area (Å²) in [4.78, 5) is 32.3. The predicted molar refractivity (Wildman–Crippen MR) is 94.7 cm³/mol. The number of ether oxygens (including phenoxy) is 1. The molecule has 1 atom stereocenters. The van der Waals surface area contributed by atoms with Crippen LogP contribution in [0, 0.1) is 5.82 Å². The zero-order valence-corrected chi connectivity index (χ0v) is 14.9. The van der Waals surface area contributed by atoms with E-state index in [0.717, 1.165) is 12.8 Å². The van der Waals surface area contributed by atoms with Crippen LogP contribution in [0.3, 0.4) is 0 Å². The number of thiazole rings is 1. The molecule has 2 amide bonds. The van der Waals surface area contributed by atoms with Gasteiger partial charge in [-0.2, -0.15) is 0 Å². The first-order valence-electron chi connectivity index (χ1n) is 8.45. The summed E-state index contributed by atoms with van der Waals surface area (Å²) in [5, 5.41) is 2.23. The van der Waals surface area contributed by atoms with Crippen LogP contribution in [0.2, 0.25) is 0 Å². The molecule has 2 fully saturated rings. The van der Waals surface area contributed by atoms with E-state index in [1.54, 1.807) is 33.5 Å². The Balaban J connectivity index is 1.55. The third-order valence-corrected chi connectivity index (χ3v) is 5.57. The Hall–Kier alpha value is -2.32. The number of rotatable bonds is 2. The number of carbonyl (C=O) groups excluding carboxylic acids is 2. The highest BCUT2D eigenvalue weighted by atomic mass is 32.1. The first-order chi connectivity index (χ1) is 12.6. The molecule has 0 aliphatic carbocycles. The highest BCUT2D eigenvalue weighted by molar-refractivity contribution is 7.11. The molecule has 2 aliphatic heterocycles. The van der Waals surface area contributed by atoms with Crippen LogP contribution < -0.4 is 4.90 Å². The molecular formula is C18H18FN3O3S. The molecule has 1 spiro atoms. The number of amides is 2. The minimum absolute atomic E-state index is 0.0736. The molecule has 6 nitrogen and oxygen atoms in total. The number of hydrogen-bond acceptors (Lipinski definition) is 5. The van der Waals surface area contributed by atoms with Gasteiger partial charge in [-0.15, -0.1) is 11.3 Å². The fourth-order valence-electron chi connectivity index (χ4n) is 3.58. The molecule has 1 aromatic carbocycles. The van der Waals surface area contributed by atoms with Gasteiger partial charge in [-0.1, -0.05) is 6.07 Å². The largest absolute Gasteiger partial charge is 0.361 e. The van der Waals surface area contributed by atoms with Crippen molar-refractivity contribution in [3.8, 4) is 0 Å². The molecule has 2 aliphatic rings. The number of carbonyl (C=O) groups is 2. The zero-order valence-electron chi connectivity index (χ0n) is 14.1. The van der Waals surface area contributed by atoms with E-state index < -0.39 is 5.60 Å². The van der Waals surface area contributed by atoms with Gasteiger partial charge in [0.2, 0.25) is 0 Å². The number of likely N-dealkylation sites (tertiary alicyclic amines) is 1. The lowest BCUT2D eigenvalue weighted by molar-refractivity contribution is -0.144. The molecule has 0 radical (unpaired) electrons. The van der Waals surface area contributed by atoms with Crippen LogP contribution in [0.1, 0.15) is 22.6 Å². The molecule has 0 saturated carbocycles. The second kappa shape index (κ2) is 6.77. The van der Waals surface area contributed by atoms with Crippen molar-refractivity contribution < 1.29 is 18.7 Å². The Morgan fingerprint density at radius 3 is 3.00 bits per heavy atom. The minimum Gasteiger partial charge on any atom is -0.361 e. The fraction of sp³-hybridized carbons (Fsp3) is 0.389. The third kappa shape index (κ3) is 3.22. The van der Waals surface area contributed by atoms with Crippen LogP contribution in [0.5, 0.6) is 0 Å². The van der Waals surface area contributed by atoms with Crippen LogP contribution >= 0.6 is 11.3 Å². The molecule has 26 heavy (non-hydrogen) atoms. The van der Waals surface area contributed by atoms with Crippen molar-refractivity contribution in [3.05, 3.63) is 46.7 Å².